The second-order valence-corrected chi connectivity index (χ2v) is 6.08. The molecule has 1 aliphatic carbocycles. The van der Waals surface area contributed by atoms with Gasteiger partial charge in [0.2, 0.25) is 0 Å². The Labute approximate surface area is 120 Å². The number of hydrogen-bond donors (Lipinski definition) is 0. The summed E-state index contributed by atoms with van der Waals surface area (Å²) in [6.45, 7) is 2.12. The maximum absolute atomic E-state index is 13.2. The quantitative estimate of drug-likeness (QED) is 0.786. The Hall–Kier alpha value is -1.43. The highest BCUT2D eigenvalue weighted by Gasteiger charge is 2.41. The molecule has 0 amide bonds. The van der Waals surface area contributed by atoms with Crippen LogP contribution < -0.4 is 0 Å². The van der Waals surface area contributed by atoms with Crippen molar-refractivity contribution in [3.05, 3.63) is 41.6 Å². The summed E-state index contributed by atoms with van der Waals surface area (Å²) in [7, 11) is 0. The van der Waals surface area contributed by atoms with Crippen molar-refractivity contribution >= 4 is 11.8 Å². The Bertz CT molecular complexity index is 614. The lowest BCUT2D eigenvalue weighted by Gasteiger charge is -2.01. The molecule has 20 heavy (non-hydrogen) atoms. The first kappa shape index (κ1) is 13.5. The van der Waals surface area contributed by atoms with Crippen molar-refractivity contribution in [2.24, 2.45) is 0 Å². The molecule has 0 unspecified atom stereocenters. The van der Waals surface area contributed by atoms with E-state index >= 15 is 0 Å². The third-order valence-electron chi connectivity index (χ3n) is 3.41. The molecule has 3 rings (SSSR count). The minimum atomic E-state index is -0.801. The smallest absolute Gasteiger partial charge is 0.159 e. The average Bonchev–Trinajstić information content (AvgIpc) is 3.11. The predicted molar refractivity (Wildman–Crippen MR) is 73.8 cm³/mol. The molecule has 6 heteroatoms. The van der Waals surface area contributed by atoms with Crippen molar-refractivity contribution in [3.8, 4) is 0 Å². The number of benzene rings is 1. The summed E-state index contributed by atoms with van der Waals surface area (Å²) in [5, 5.41) is 9.16. The van der Waals surface area contributed by atoms with Gasteiger partial charge in [-0.25, -0.2) is 13.5 Å². The number of aromatic nitrogens is 3. The fourth-order valence-corrected chi connectivity index (χ4v) is 2.96. The van der Waals surface area contributed by atoms with Crippen molar-refractivity contribution in [1.82, 2.24) is 15.0 Å². The third kappa shape index (κ3) is 2.70. The van der Waals surface area contributed by atoms with E-state index in [0.717, 1.165) is 29.2 Å². The predicted octanol–water partition coefficient (Wildman–Crippen LogP) is 3.79. The third-order valence-corrected chi connectivity index (χ3v) is 4.51. The number of hydrogen-bond acceptors (Lipinski definition) is 3. The van der Waals surface area contributed by atoms with Crippen LogP contribution in [0, 0.1) is 11.6 Å². The first-order chi connectivity index (χ1) is 9.69. The second kappa shape index (κ2) is 5.52. The Morgan fingerprint density at radius 3 is 2.95 bits per heavy atom. The fourth-order valence-electron chi connectivity index (χ4n) is 2.27. The van der Waals surface area contributed by atoms with Crippen LogP contribution in [-0.4, -0.2) is 20.7 Å². The zero-order valence-corrected chi connectivity index (χ0v) is 11.9. The van der Waals surface area contributed by atoms with Crippen molar-refractivity contribution in [2.75, 3.05) is 5.75 Å². The van der Waals surface area contributed by atoms with Gasteiger partial charge in [0.25, 0.3) is 0 Å². The SMILES string of the molecule is CCCSc1cn([C@@H]2C[C@H]2c2ccc(F)c(F)c2)nn1. The molecule has 0 bridgehead atoms. The van der Waals surface area contributed by atoms with Gasteiger partial charge in [-0.15, -0.1) is 16.9 Å². The van der Waals surface area contributed by atoms with Gasteiger partial charge in [0.1, 0.15) is 5.03 Å². The van der Waals surface area contributed by atoms with Crippen LogP contribution in [0.15, 0.2) is 29.4 Å². The van der Waals surface area contributed by atoms with E-state index in [9.17, 15) is 8.78 Å². The van der Waals surface area contributed by atoms with Gasteiger partial charge in [0, 0.05) is 5.92 Å². The largest absolute Gasteiger partial charge is 0.248 e. The van der Waals surface area contributed by atoms with Crippen LogP contribution in [0.1, 0.15) is 37.3 Å². The highest BCUT2D eigenvalue weighted by atomic mass is 32.2. The van der Waals surface area contributed by atoms with Gasteiger partial charge in [0.15, 0.2) is 11.6 Å². The summed E-state index contributed by atoms with van der Waals surface area (Å²) in [4.78, 5) is 0. The first-order valence-corrected chi connectivity index (χ1v) is 7.67. The van der Waals surface area contributed by atoms with Crippen LogP contribution in [0.25, 0.3) is 0 Å². The van der Waals surface area contributed by atoms with Crippen molar-refractivity contribution in [3.63, 3.8) is 0 Å². The van der Waals surface area contributed by atoms with Crippen LogP contribution in [-0.2, 0) is 0 Å². The van der Waals surface area contributed by atoms with Crippen LogP contribution in [0.5, 0.6) is 0 Å². The number of nitrogens with zero attached hydrogens (tertiary/aromatic N) is 3. The second-order valence-electron chi connectivity index (χ2n) is 4.97. The molecule has 0 radical (unpaired) electrons. The highest BCUT2D eigenvalue weighted by Crippen LogP contribution is 2.51. The number of thioether (sulfide) groups is 1. The van der Waals surface area contributed by atoms with E-state index in [-0.39, 0.29) is 12.0 Å². The van der Waals surface area contributed by atoms with Gasteiger partial charge in [-0.1, -0.05) is 18.2 Å². The van der Waals surface area contributed by atoms with E-state index < -0.39 is 11.6 Å². The monoisotopic (exact) mass is 295 g/mol. The van der Waals surface area contributed by atoms with Gasteiger partial charge in [-0.2, -0.15) is 0 Å². The molecule has 0 N–H and O–H groups in total. The van der Waals surface area contributed by atoms with Gasteiger partial charge < -0.3 is 0 Å². The first-order valence-electron chi connectivity index (χ1n) is 6.68. The Balaban J connectivity index is 1.69. The zero-order chi connectivity index (χ0) is 14.1. The molecule has 2 atom stereocenters. The van der Waals surface area contributed by atoms with Crippen molar-refractivity contribution in [2.45, 2.75) is 36.8 Å². The van der Waals surface area contributed by atoms with E-state index in [4.69, 9.17) is 0 Å². The molecular formula is C14H15F2N3S. The maximum Gasteiger partial charge on any atom is 0.159 e. The van der Waals surface area contributed by atoms with Gasteiger partial charge >= 0.3 is 0 Å². The van der Waals surface area contributed by atoms with Crippen LogP contribution in [0.4, 0.5) is 8.78 Å². The van der Waals surface area contributed by atoms with E-state index in [2.05, 4.69) is 17.2 Å². The molecule has 0 saturated heterocycles. The van der Waals surface area contributed by atoms with Crippen LogP contribution in [0.3, 0.4) is 0 Å². The number of rotatable bonds is 5. The van der Waals surface area contributed by atoms with Crippen LogP contribution >= 0.6 is 11.8 Å². The Morgan fingerprint density at radius 2 is 2.20 bits per heavy atom. The van der Waals surface area contributed by atoms with Gasteiger partial charge in [-0.3, -0.25) is 0 Å². The molecule has 2 aromatic rings. The zero-order valence-electron chi connectivity index (χ0n) is 11.1. The molecule has 3 nitrogen and oxygen atoms in total. The summed E-state index contributed by atoms with van der Waals surface area (Å²) in [6.07, 6.45) is 3.93. The molecule has 1 saturated carbocycles. The summed E-state index contributed by atoms with van der Waals surface area (Å²) in [5.41, 5.74) is 0.826. The van der Waals surface area contributed by atoms with Crippen molar-refractivity contribution < 1.29 is 8.78 Å². The summed E-state index contributed by atoms with van der Waals surface area (Å²) in [5.74, 6) is -0.359. The topological polar surface area (TPSA) is 30.7 Å². The van der Waals surface area contributed by atoms with Crippen LogP contribution in [0.2, 0.25) is 0 Å². The molecule has 1 heterocycles. The average molecular weight is 295 g/mol. The van der Waals surface area contributed by atoms with Crippen molar-refractivity contribution in [1.29, 1.82) is 0 Å². The summed E-state index contributed by atoms with van der Waals surface area (Å²) < 4.78 is 28.0. The van der Waals surface area contributed by atoms with E-state index in [1.165, 1.54) is 12.1 Å². The molecule has 106 valence electrons. The van der Waals surface area contributed by atoms with E-state index in [1.807, 2.05) is 10.9 Å². The lowest BCUT2D eigenvalue weighted by molar-refractivity contribution is 0.506. The lowest BCUT2D eigenvalue weighted by Crippen LogP contribution is -1.97. The highest BCUT2D eigenvalue weighted by molar-refractivity contribution is 7.99. The Morgan fingerprint density at radius 1 is 1.35 bits per heavy atom. The lowest BCUT2D eigenvalue weighted by atomic mass is 10.1. The molecule has 0 aliphatic heterocycles. The summed E-state index contributed by atoms with van der Waals surface area (Å²) in [6, 6.07) is 4.32. The molecule has 0 spiro atoms. The van der Waals surface area contributed by atoms with E-state index in [1.54, 1.807) is 17.8 Å². The molecule has 1 aromatic heterocycles. The maximum atomic E-state index is 13.2. The molecule has 1 aliphatic rings. The minimum Gasteiger partial charge on any atom is -0.248 e. The van der Waals surface area contributed by atoms with Gasteiger partial charge in [0.05, 0.1) is 12.2 Å². The molecular weight excluding hydrogens is 280 g/mol. The molecule has 1 aromatic carbocycles. The molecule has 1 fully saturated rings. The standard InChI is InChI=1S/C14H15F2N3S/c1-2-5-20-14-8-19(18-17-14)13-7-10(13)9-3-4-11(15)12(16)6-9/h3-4,6,8,10,13H,2,5,7H2,1H3/t10-,13+/m0/s1. The number of halogens is 2. The van der Waals surface area contributed by atoms with E-state index in [0.29, 0.717) is 0 Å². The fraction of sp³-hybridized carbons (Fsp3) is 0.429. The Kier molecular flexibility index (Phi) is 3.74. The summed E-state index contributed by atoms with van der Waals surface area (Å²) >= 11 is 1.68. The van der Waals surface area contributed by atoms with Gasteiger partial charge in [-0.05, 0) is 36.3 Å². The normalized spacial score (nSPS) is 21.1. The minimum absolute atomic E-state index is 0.204.